The van der Waals surface area contributed by atoms with Gasteiger partial charge >= 0.3 is 0 Å². The molecule has 2 rings (SSSR count). The van der Waals surface area contributed by atoms with Crippen LogP contribution in [0.5, 0.6) is 5.75 Å². The fourth-order valence-corrected chi connectivity index (χ4v) is 2.23. The molecule has 0 aliphatic heterocycles. The molecule has 0 aliphatic rings. The summed E-state index contributed by atoms with van der Waals surface area (Å²) in [7, 11) is 1.42. The Morgan fingerprint density at radius 3 is 2.72 bits per heavy atom. The Hall–Kier alpha value is -1.37. The van der Waals surface area contributed by atoms with Gasteiger partial charge in [0, 0.05) is 11.1 Å². The molecule has 18 heavy (non-hydrogen) atoms. The van der Waals surface area contributed by atoms with Crippen LogP contribution >= 0.6 is 15.9 Å². The summed E-state index contributed by atoms with van der Waals surface area (Å²) >= 11 is 3.25. The molecule has 1 aromatic heterocycles. The molecule has 1 atom stereocenters. The van der Waals surface area contributed by atoms with Crippen LogP contribution in [0, 0.1) is 5.82 Å². The Morgan fingerprint density at radius 1 is 1.39 bits per heavy atom. The Labute approximate surface area is 112 Å². The molecular weight excluding hydrogens is 303 g/mol. The van der Waals surface area contributed by atoms with Crippen LogP contribution in [0.4, 0.5) is 4.39 Å². The molecule has 0 saturated heterocycles. The van der Waals surface area contributed by atoms with E-state index in [0.29, 0.717) is 15.8 Å². The zero-order valence-electron chi connectivity index (χ0n) is 9.61. The smallest absolute Gasteiger partial charge is 0.174 e. The minimum atomic E-state index is -0.520. The van der Waals surface area contributed by atoms with Gasteiger partial charge in [-0.1, -0.05) is 12.1 Å². The van der Waals surface area contributed by atoms with Crippen molar-refractivity contribution < 1.29 is 13.5 Å². The molecule has 0 bridgehead atoms. The third-order valence-corrected chi connectivity index (χ3v) is 3.29. The van der Waals surface area contributed by atoms with Crippen molar-refractivity contribution in [1.29, 1.82) is 0 Å². The lowest BCUT2D eigenvalue weighted by Crippen LogP contribution is -2.29. The average Bonchev–Trinajstić information content (AvgIpc) is 2.79. The number of nitrogens with two attached hydrogens (primary N) is 1. The third-order valence-electron chi connectivity index (χ3n) is 2.65. The summed E-state index contributed by atoms with van der Waals surface area (Å²) in [5, 5.41) is 0. The highest BCUT2D eigenvalue weighted by molar-refractivity contribution is 9.10. The molecule has 0 fully saturated rings. The topological polar surface area (TPSA) is 60.4 Å². The Bertz CT molecular complexity index is 545. The predicted molar refractivity (Wildman–Crippen MR) is 68.5 cm³/mol. The maximum atomic E-state index is 14.2. The van der Waals surface area contributed by atoms with Crippen LogP contribution in [0.25, 0.3) is 0 Å². The van der Waals surface area contributed by atoms with E-state index in [2.05, 4.69) is 21.4 Å². The summed E-state index contributed by atoms with van der Waals surface area (Å²) in [5.41, 5.74) is 3.67. The van der Waals surface area contributed by atoms with Crippen LogP contribution < -0.4 is 16.0 Å². The summed E-state index contributed by atoms with van der Waals surface area (Å²) in [5.74, 6) is 5.23. The van der Waals surface area contributed by atoms with E-state index in [9.17, 15) is 4.39 Å². The number of nitrogens with one attached hydrogen (secondary N) is 1. The second-order valence-electron chi connectivity index (χ2n) is 3.61. The molecule has 0 spiro atoms. The van der Waals surface area contributed by atoms with Crippen LogP contribution in [0.1, 0.15) is 17.2 Å². The largest absolute Gasteiger partial charge is 0.494 e. The quantitative estimate of drug-likeness (QED) is 0.673. The van der Waals surface area contributed by atoms with Crippen molar-refractivity contribution in [3.05, 3.63) is 52.1 Å². The van der Waals surface area contributed by atoms with Gasteiger partial charge in [0.25, 0.3) is 0 Å². The van der Waals surface area contributed by atoms with Crippen molar-refractivity contribution in [1.82, 2.24) is 5.43 Å². The molecule has 0 radical (unpaired) electrons. The summed E-state index contributed by atoms with van der Waals surface area (Å²) in [4.78, 5) is 0. The van der Waals surface area contributed by atoms with Crippen molar-refractivity contribution in [2.75, 3.05) is 7.11 Å². The zero-order valence-corrected chi connectivity index (χ0v) is 11.2. The van der Waals surface area contributed by atoms with Gasteiger partial charge in [0.05, 0.1) is 19.4 Å². The Balaban J connectivity index is 2.49. The molecule has 1 heterocycles. The molecule has 0 aliphatic carbocycles. The van der Waals surface area contributed by atoms with Crippen LogP contribution in [0.3, 0.4) is 0 Å². The first-order chi connectivity index (χ1) is 8.69. The molecule has 0 amide bonds. The predicted octanol–water partition coefficient (Wildman–Crippen LogP) is 2.74. The normalized spacial score (nSPS) is 12.4. The van der Waals surface area contributed by atoms with Gasteiger partial charge in [-0.05, 0) is 28.1 Å². The van der Waals surface area contributed by atoms with E-state index < -0.39 is 11.9 Å². The van der Waals surface area contributed by atoms with Gasteiger partial charge < -0.3 is 9.15 Å². The number of furan rings is 1. The van der Waals surface area contributed by atoms with Crippen molar-refractivity contribution in [3.63, 3.8) is 0 Å². The van der Waals surface area contributed by atoms with Gasteiger partial charge in [-0.25, -0.2) is 9.82 Å². The van der Waals surface area contributed by atoms with Crippen molar-refractivity contribution in [2.45, 2.75) is 6.04 Å². The van der Waals surface area contributed by atoms with Crippen molar-refractivity contribution in [2.24, 2.45) is 5.84 Å². The summed E-state index contributed by atoms with van der Waals surface area (Å²) in [6.45, 7) is 0. The second kappa shape index (κ2) is 5.51. The summed E-state index contributed by atoms with van der Waals surface area (Å²) in [6.07, 6.45) is 1.50. The lowest BCUT2D eigenvalue weighted by molar-refractivity contribution is 0.381. The second-order valence-corrected chi connectivity index (χ2v) is 4.33. The monoisotopic (exact) mass is 314 g/mol. The molecule has 96 valence electrons. The first-order valence-electron chi connectivity index (χ1n) is 5.20. The summed E-state index contributed by atoms with van der Waals surface area (Å²) in [6, 6.07) is 6.09. The number of benzene rings is 1. The van der Waals surface area contributed by atoms with Gasteiger partial charge in [0.1, 0.15) is 0 Å². The maximum absolute atomic E-state index is 14.2. The number of ether oxygens (including phenoxy) is 1. The van der Waals surface area contributed by atoms with Crippen LogP contribution in [0.2, 0.25) is 0 Å². The first-order valence-corrected chi connectivity index (χ1v) is 5.99. The van der Waals surface area contributed by atoms with Gasteiger partial charge in [-0.2, -0.15) is 0 Å². The van der Waals surface area contributed by atoms with E-state index >= 15 is 0 Å². The van der Waals surface area contributed by atoms with E-state index in [1.54, 1.807) is 24.3 Å². The number of hydrazine groups is 1. The fourth-order valence-electron chi connectivity index (χ4n) is 1.77. The molecule has 1 aromatic carbocycles. The average molecular weight is 315 g/mol. The molecule has 0 saturated carbocycles. The van der Waals surface area contributed by atoms with Crippen molar-refractivity contribution in [3.8, 4) is 5.75 Å². The minimum absolute atomic E-state index is 0.173. The van der Waals surface area contributed by atoms with Crippen molar-refractivity contribution >= 4 is 15.9 Å². The van der Waals surface area contributed by atoms with E-state index in [1.807, 2.05) is 0 Å². The highest BCUT2D eigenvalue weighted by atomic mass is 79.9. The molecule has 2 aromatic rings. The maximum Gasteiger partial charge on any atom is 0.174 e. The number of rotatable bonds is 4. The molecule has 6 heteroatoms. The van der Waals surface area contributed by atoms with Gasteiger partial charge in [0.15, 0.2) is 16.2 Å². The van der Waals surface area contributed by atoms with Crippen LogP contribution in [-0.4, -0.2) is 7.11 Å². The number of hydrogen-bond donors (Lipinski definition) is 2. The lowest BCUT2D eigenvalue weighted by Gasteiger charge is -2.17. The minimum Gasteiger partial charge on any atom is -0.494 e. The van der Waals surface area contributed by atoms with Gasteiger partial charge in [-0.15, -0.1) is 0 Å². The Kier molecular flexibility index (Phi) is 4.00. The Morgan fingerprint density at radius 2 is 2.17 bits per heavy atom. The van der Waals surface area contributed by atoms with E-state index in [-0.39, 0.29) is 5.75 Å². The SMILES string of the molecule is COc1cccc(C(NN)c2ccoc2Br)c1F. The zero-order chi connectivity index (χ0) is 13.1. The van der Waals surface area contributed by atoms with E-state index in [0.717, 1.165) is 0 Å². The van der Waals surface area contributed by atoms with Gasteiger partial charge in [0.2, 0.25) is 0 Å². The number of methoxy groups -OCH3 is 1. The van der Waals surface area contributed by atoms with Crippen LogP contribution in [0.15, 0.2) is 39.6 Å². The lowest BCUT2D eigenvalue weighted by atomic mass is 10.0. The van der Waals surface area contributed by atoms with E-state index in [1.165, 1.54) is 13.4 Å². The summed E-state index contributed by atoms with van der Waals surface area (Å²) < 4.78 is 24.8. The van der Waals surface area contributed by atoms with E-state index in [4.69, 9.17) is 15.0 Å². The van der Waals surface area contributed by atoms with Crippen LogP contribution in [-0.2, 0) is 0 Å². The molecule has 3 N–H and O–H groups in total. The molecular formula is C12H12BrFN2O2. The first kappa shape index (κ1) is 13.1. The number of halogens is 2. The standard InChI is InChI=1S/C12H12BrFN2O2/c1-17-9-4-2-3-7(10(9)14)11(16-15)8-5-6-18-12(8)13/h2-6,11,16H,15H2,1H3. The fraction of sp³-hybridized carbons (Fsp3) is 0.167. The molecule has 1 unspecified atom stereocenters. The molecule has 4 nitrogen and oxygen atoms in total. The van der Waals surface area contributed by atoms with Gasteiger partial charge in [-0.3, -0.25) is 5.84 Å². The highest BCUT2D eigenvalue weighted by Gasteiger charge is 2.22. The highest BCUT2D eigenvalue weighted by Crippen LogP contribution is 2.32. The third kappa shape index (κ3) is 2.27. The number of hydrogen-bond acceptors (Lipinski definition) is 4.